The monoisotopic (exact) mass is 392 g/mol. The minimum atomic E-state index is -1.35. The molecule has 2 aliphatic rings. The van der Waals surface area contributed by atoms with Crippen LogP contribution in [0.25, 0.3) is 0 Å². The highest BCUT2D eigenvalue weighted by Crippen LogP contribution is 2.52. The van der Waals surface area contributed by atoms with Crippen LogP contribution in [0.15, 0.2) is 49.1 Å². The summed E-state index contributed by atoms with van der Waals surface area (Å²) in [4.78, 5) is 36.3. The number of carbonyl (C=O) groups is 3. The van der Waals surface area contributed by atoms with Crippen molar-refractivity contribution in [3.63, 3.8) is 0 Å². The Kier molecular flexibility index (Phi) is 6.26. The Labute approximate surface area is 162 Å². The highest BCUT2D eigenvalue weighted by Gasteiger charge is 2.58. The molecule has 1 saturated heterocycles. The van der Waals surface area contributed by atoms with Crippen molar-refractivity contribution < 1.29 is 38.8 Å². The second-order valence-electron chi connectivity index (χ2n) is 6.96. The number of hydrogen-bond donors (Lipinski definition) is 2. The van der Waals surface area contributed by atoms with E-state index in [0.717, 1.165) is 7.11 Å². The standard InChI is InChI=1S/C20H24O8/c1-6-20-7-13(28-17(23)10(2)8-21)14(11(3)18(24)26-5)16(22)15(20)12(4)19(25)27-9-20/h6,13-16,21-22H,1-4,7-9H2,5H3/t13?,14-,15-,16+,20-/m1/s1. The van der Waals surface area contributed by atoms with Crippen LogP contribution in [-0.2, 0) is 28.6 Å². The number of methoxy groups -OCH3 is 1. The van der Waals surface area contributed by atoms with Crippen molar-refractivity contribution in [3.8, 4) is 0 Å². The van der Waals surface area contributed by atoms with Gasteiger partial charge in [-0.1, -0.05) is 25.8 Å². The van der Waals surface area contributed by atoms with Crippen molar-refractivity contribution >= 4 is 17.9 Å². The van der Waals surface area contributed by atoms with E-state index >= 15 is 0 Å². The van der Waals surface area contributed by atoms with Gasteiger partial charge in [-0.2, -0.15) is 0 Å². The summed E-state index contributed by atoms with van der Waals surface area (Å²) in [6, 6.07) is 0. The van der Waals surface area contributed by atoms with Crippen LogP contribution >= 0.6 is 0 Å². The molecule has 0 aromatic heterocycles. The summed E-state index contributed by atoms with van der Waals surface area (Å²) in [5, 5.41) is 20.2. The van der Waals surface area contributed by atoms with Crippen LogP contribution in [0, 0.1) is 17.3 Å². The van der Waals surface area contributed by atoms with Crippen molar-refractivity contribution in [2.24, 2.45) is 17.3 Å². The van der Waals surface area contributed by atoms with Crippen LogP contribution in [0.3, 0.4) is 0 Å². The zero-order valence-corrected chi connectivity index (χ0v) is 15.7. The molecule has 0 radical (unpaired) electrons. The summed E-state index contributed by atoms with van der Waals surface area (Å²) >= 11 is 0. The number of ether oxygens (including phenoxy) is 3. The summed E-state index contributed by atoms with van der Waals surface area (Å²) in [7, 11) is 1.16. The lowest BCUT2D eigenvalue weighted by molar-refractivity contribution is -0.177. The Morgan fingerprint density at radius 2 is 2.00 bits per heavy atom. The van der Waals surface area contributed by atoms with Gasteiger partial charge in [0.25, 0.3) is 0 Å². The molecule has 0 aromatic rings. The van der Waals surface area contributed by atoms with Gasteiger partial charge >= 0.3 is 17.9 Å². The van der Waals surface area contributed by atoms with Gasteiger partial charge < -0.3 is 24.4 Å². The van der Waals surface area contributed by atoms with E-state index in [1.54, 1.807) is 0 Å². The molecule has 2 fully saturated rings. The molecule has 2 rings (SSSR count). The summed E-state index contributed by atoms with van der Waals surface area (Å²) in [6.45, 7) is 13.9. The Morgan fingerprint density at radius 3 is 2.54 bits per heavy atom. The lowest BCUT2D eigenvalue weighted by Crippen LogP contribution is -2.59. The smallest absolute Gasteiger partial charge is 0.336 e. The first-order valence-corrected chi connectivity index (χ1v) is 8.57. The van der Waals surface area contributed by atoms with Crippen LogP contribution in [0.5, 0.6) is 0 Å². The number of esters is 3. The molecule has 2 N–H and O–H groups in total. The summed E-state index contributed by atoms with van der Waals surface area (Å²) in [5.41, 5.74) is -1.23. The Hall–Kier alpha value is -2.71. The molecule has 0 bridgehead atoms. The number of aliphatic hydroxyl groups is 2. The fourth-order valence-corrected chi connectivity index (χ4v) is 3.88. The molecular formula is C20H24O8. The molecular weight excluding hydrogens is 368 g/mol. The molecule has 5 atom stereocenters. The number of cyclic esters (lactones) is 1. The molecule has 0 aromatic carbocycles. The highest BCUT2D eigenvalue weighted by atomic mass is 16.6. The molecule has 1 aliphatic carbocycles. The second kappa shape index (κ2) is 8.12. The van der Waals surface area contributed by atoms with E-state index in [-0.39, 0.29) is 29.7 Å². The topological polar surface area (TPSA) is 119 Å². The summed E-state index contributed by atoms with van der Waals surface area (Å²) in [5.74, 6) is -4.21. The molecule has 8 heteroatoms. The maximum absolute atomic E-state index is 12.2. The van der Waals surface area contributed by atoms with Crippen molar-refractivity contribution in [2.45, 2.75) is 18.6 Å². The molecule has 28 heavy (non-hydrogen) atoms. The van der Waals surface area contributed by atoms with Crippen molar-refractivity contribution in [2.75, 3.05) is 20.3 Å². The molecule has 0 spiro atoms. The lowest BCUT2D eigenvalue weighted by Gasteiger charge is -2.52. The van der Waals surface area contributed by atoms with E-state index < -0.39 is 54.0 Å². The summed E-state index contributed by atoms with van der Waals surface area (Å²) < 4.78 is 15.3. The van der Waals surface area contributed by atoms with E-state index in [9.17, 15) is 19.5 Å². The average molecular weight is 392 g/mol. The average Bonchev–Trinajstić information content (AvgIpc) is 2.68. The predicted molar refractivity (Wildman–Crippen MR) is 97.6 cm³/mol. The van der Waals surface area contributed by atoms with E-state index in [1.807, 2.05) is 0 Å². The van der Waals surface area contributed by atoms with Crippen LogP contribution < -0.4 is 0 Å². The molecule has 8 nitrogen and oxygen atoms in total. The fraction of sp³-hybridized carbons (Fsp3) is 0.450. The molecule has 0 amide bonds. The van der Waals surface area contributed by atoms with Gasteiger partial charge in [0.05, 0.1) is 31.3 Å². The molecule has 1 heterocycles. The maximum atomic E-state index is 12.2. The van der Waals surface area contributed by atoms with Crippen LogP contribution in [-0.4, -0.2) is 60.7 Å². The van der Waals surface area contributed by atoms with Crippen LogP contribution in [0.1, 0.15) is 6.42 Å². The molecule has 1 unspecified atom stereocenters. The fourth-order valence-electron chi connectivity index (χ4n) is 3.88. The van der Waals surface area contributed by atoms with Crippen LogP contribution in [0.4, 0.5) is 0 Å². The quantitative estimate of drug-likeness (QED) is 0.290. The second-order valence-corrected chi connectivity index (χ2v) is 6.96. The van der Waals surface area contributed by atoms with Crippen molar-refractivity contribution in [3.05, 3.63) is 49.1 Å². The summed E-state index contributed by atoms with van der Waals surface area (Å²) in [6.07, 6.45) is -0.775. The van der Waals surface area contributed by atoms with Crippen LogP contribution in [0.2, 0.25) is 0 Å². The first-order chi connectivity index (χ1) is 13.1. The first kappa shape index (κ1) is 21.6. The third-order valence-electron chi connectivity index (χ3n) is 5.41. The van der Waals surface area contributed by atoms with Gasteiger partial charge in [-0.15, -0.1) is 6.58 Å². The third-order valence-corrected chi connectivity index (χ3v) is 5.41. The zero-order chi connectivity index (χ0) is 21.2. The lowest BCUT2D eigenvalue weighted by atomic mass is 9.57. The van der Waals surface area contributed by atoms with Gasteiger partial charge in [0.2, 0.25) is 0 Å². The van der Waals surface area contributed by atoms with Crippen molar-refractivity contribution in [1.29, 1.82) is 0 Å². The molecule has 1 saturated carbocycles. The van der Waals surface area contributed by atoms with Gasteiger partial charge in [-0.25, -0.2) is 14.4 Å². The first-order valence-electron chi connectivity index (χ1n) is 8.57. The Morgan fingerprint density at radius 1 is 1.36 bits per heavy atom. The van der Waals surface area contributed by atoms with E-state index in [4.69, 9.17) is 14.6 Å². The van der Waals surface area contributed by atoms with Crippen molar-refractivity contribution in [1.82, 2.24) is 0 Å². The number of carbonyl (C=O) groups excluding carboxylic acids is 3. The highest BCUT2D eigenvalue weighted by molar-refractivity contribution is 5.91. The van der Waals surface area contributed by atoms with Gasteiger partial charge in [-0.3, -0.25) is 0 Å². The van der Waals surface area contributed by atoms with E-state index in [1.165, 1.54) is 6.08 Å². The number of aliphatic hydroxyl groups excluding tert-OH is 2. The van der Waals surface area contributed by atoms with Gasteiger partial charge in [0, 0.05) is 22.5 Å². The predicted octanol–water partition coefficient (Wildman–Crippen LogP) is 0.458. The number of hydrogen-bond acceptors (Lipinski definition) is 8. The van der Waals surface area contributed by atoms with Gasteiger partial charge in [0.15, 0.2) is 0 Å². The zero-order valence-electron chi connectivity index (χ0n) is 15.7. The molecule has 1 aliphatic heterocycles. The largest absolute Gasteiger partial charge is 0.466 e. The maximum Gasteiger partial charge on any atom is 0.336 e. The van der Waals surface area contributed by atoms with E-state index in [2.05, 4.69) is 31.1 Å². The Bertz CT molecular complexity index is 751. The van der Waals surface area contributed by atoms with E-state index in [0.29, 0.717) is 0 Å². The SMILES string of the molecule is C=C[C@@]12COC(=O)C(=C)[C@@H]1[C@@H](O)[C@H](C(=C)C(=O)OC)C(OC(=O)C(=C)CO)C2. The van der Waals surface area contributed by atoms with Gasteiger partial charge in [-0.05, 0) is 6.42 Å². The third kappa shape index (κ3) is 3.53. The molecule has 152 valence electrons. The normalized spacial score (nSPS) is 31.8. The number of rotatable bonds is 6. The minimum Gasteiger partial charge on any atom is -0.466 e. The van der Waals surface area contributed by atoms with Gasteiger partial charge in [0.1, 0.15) is 12.7 Å². The minimum absolute atomic E-state index is 0.0332. The Balaban J connectivity index is 2.50. The number of fused-ring (bicyclic) bond motifs is 1.